The van der Waals surface area contributed by atoms with Gasteiger partial charge in [0.05, 0.1) is 10.7 Å². The highest BCUT2D eigenvalue weighted by molar-refractivity contribution is 7.89. The van der Waals surface area contributed by atoms with Crippen LogP contribution in [0.3, 0.4) is 0 Å². The maximum absolute atomic E-state index is 11.3. The van der Waals surface area contributed by atoms with E-state index in [1.165, 1.54) is 13.4 Å². The van der Waals surface area contributed by atoms with Crippen molar-refractivity contribution >= 4 is 27.3 Å². The summed E-state index contributed by atoms with van der Waals surface area (Å²) in [5.41, 5.74) is -0.298. The first-order chi connectivity index (χ1) is 9.91. The molecule has 0 unspecified atom stereocenters. The number of hydrogen-bond donors (Lipinski definition) is 3. The average Bonchev–Trinajstić information content (AvgIpc) is 2.44. The fraction of sp³-hybridized carbons (Fsp3) is 0.600. The number of nitro groups is 1. The summed E-state index contributed by atoms with van der Waals surface area (Å²) in [7, 11) is -2.09. The molecule has 0 saturated carbocycles. The first-order valence-electron chi connectivity index (χ1n) is 6.29. The lowest BCUT2D eigenvalue weighted by Crippen LogP contribution is -2.26. The molecule has 11 heteroatoms. The molecule has 0 bridgehead atoms. The number of hydrogen-bond acceptors (Lipinski definition) is 8. The zero-order chi connectivity index (χ0) is 15.9. The highest BCUT2D eigenvalue weighted by Gasteiger charge is 2.22. The van der Waals surface area contributed by atoms with Crippen molar-refractivity contribution in [3.8, 4) is 0 Å². The molecule has 0 aliphatic heterocycles. The number of anilines is 2. The van der Waals surface area contributed by atoms with Crippen molar-refractivity contribution in [2.75, 3.05) is 36.5 Å². The number of aromatic nitrogens is 2. The van der Waals surface area contributed by atoms with Gasteiger partial charge in [-0.05, 0) is 13.5 Å². The van der Waals surface area contributed by atoms with E-state index in [0.29, 0.717) is 6.54 Å². The Hall–Kier alpha value is -2.01. The molecule has 0 aliphatic carbocycles. The van der Waals surface area contributed by atoms with E-state index in [-0.39, 0.29) is 29.6 Å². The summed E-state index contributed by atoms with van der Waals surface area (Å²) < 4.78 is 24.7. The van der Waals surface area contributed by atoms with Crippen molar-refractivity contribution in [1.29, 1.82) is 0 Å². The molecule has 0 radical (unpaired) electrons. The van der Waals surface area contributed by atoms with Gasteiger partial charge in [-0.15, -0.1) is 0 Å². The van der Waals surface area contributed by atoms with E-state index < -0.39 is 14.9 Å². The third-order valence-corrected chi connectivity index (χ3v) is 3.89. The van der Waals surface area contributed by atoms with Crippen LogP contribution in [-0.2, 0) is 10.0 Å². The standard InChI is InChI=1S/C10H18N6O4S/c1-3-4-12-9-8(16(17)18)10(15-7-14-9)13-5-6-21(19,20)11-2/h7,11H,3-6H2,1-2H3,(H2,12,13,14,15). The average molecular weight is 318 g/mol. The zero-order valence-corrected chi connectivity index (χ0v) is 12.6. The van der Waals surface area contributed by atoms with Crippen LogP contribution in [0.25, 0.3) is 0 Å². The van der Waals surface area contributed by atoms with Gasteiger partial charge in [0.15, 0.2) is 0 Å². The summed E-state index contributed by atoms with van der Waals surface area (Å²) in [6.45, 7) is 2.45. The van der Waals surface area contributed by atoms with Gasteiger partial charge in [-0.3, -0.25) is 10.1 Å². The maximum Gasteiger partial charge on any atom is 0.353 e. The van der Waals surface area contributed by atoms with Gasteiger partial charge in [-0.1, -0.05) is 6.92 Å². The van der Waals surface area contributed by atoms with Gasteiger partial charge < -0.3 is 10.6 Å². The third kappa shape index (κ3) is 5.11. The van der Waals surface area contributed by atoms with Crippen molar-refractivity contribution in [3.05, 3.63) is 16.4 Å². The van der Waals surface area contributed by atoms with E-state index in [1.807, 2.05) is 6.92 Å². The van der Waals surface area contributed by atoms with Gasteiger partial charge in [-0.25, -0.2) is 23.1 Å². The topological polar surface area (TPSA) is 139 Å². The number of nitrogens with one attached hydrogen (secondary N) is 3. The molecule has 118 valence electrons. The van der Waals surface area contributed by atoms with Gasteiger partial charge in [0.1, 0.15) is 6.33 Å². The Morgan fingerprint density at radius 3 is 2.29 bits per heavy atom. The van der Waals surface area contributed by atoms with Gasteiger partial charge in [0.25, 0.3) is 0 Å². The van der Waals surface area contributed by atoms with Crippen molar-refractivity contribution in [1.82, 2.24) is 14.7 Å². The highest BCUT2D eigenvalue weighted by Crippen LogP contribution is 2.28. The smallest absolute Gasteiger partial charge is 0.353 e. The lowest BCUT2D eigenvalue weighted by Gasteiger charge is -2.09. The summed E-state index contributed by atoms with van der Waals surface area (Å²) >= 11 is 0. The Labute approximate surface area is 122 Å². The van der Waals surface area contributed by atoms with Gasteiger partial charge in [0, 0.05) is 13.1 Å². The summed E-state index contributed by atoms with van der Waals surface area (Å²) in [4.78, 5) is 18.2. The van der Waals surface area contributed by atoms with E-state index in [2.05, 4.69) is 25.3 Å². The molecular weight excluding hydrogens is 300 g/mol. The van der Waals surface area contributed by atoms with Crippen LogP contribution >= 0.6 is 0 Å². The van der Waals surface area contributed by atoms with Crippen LogP contribution < -0.4 is 15.4 Å². The molecule has 1 aromatic heterocycles. The first-order valence-corrected chi connectivity index (χ1v) is 7.94. The maximum atomic E-state index is 11.3. The van der Waals surface area contributed by atoms with Gasteiger partial charge in [0.2, 0.25) is 21.7 Å². The molecule has 0 aromatic carbocycles. The molecule has 3 N–H and O–H groups in total. The van der Waals surface area contributed by atoms with Gasteiger partial charge >= 0.3 is 5.69 Å². The lowest BCUT2D eigenvalue weighted by atomic mass is 10.4. The summed E-state index contributed by atoms with van der Waals surface area (Å²) in [6, 6.07) is 0. The lowest BCUT2D eigenvalue weighted by molar-refractivity contribution is -0.383. The molecule has 1 heterocycles. The Balaban J connectivity index is 2.88. The molecular formula is C10H18N6O4S. The monoisotopic (exact) mass is 318 g/mol. The van der Waals surface area contributed by atoms with Crippen LogP contribution in [0.5, 0.6) is 0 Å². The Bertz CT molecular complexity index is 591. The minimum absolute atomic E-state index is 0.00571. The van der Waals surface area contributed by atoms with E-state index in [1.54, 1.807) is 0 Å². The molecule has 0 fully saturated rings. The van der Waals surface area contributed by atoms with Gasteiger partial charge in [-0.2, -0.15) is 0 Å². The number of nitrogens with zero attached hydrogens (tertiary/aromatic N) is 3. The molecule has 0 amide bonds. The Morgan fingerprint density at radius 2 is 1.81 bits per heavy atom. The molecule has 1 rings (SSSR count). The molecule has 0 spiro atoms. The summed E-state index contributed by atoms with van der Waals surface area (Å²) in [5.74, 6) is -0.127. The van der Waals surface area contributed by atoms with E-state index >= 15 is 0 Å². The van der Waals surface area contributed by atoms with Crippen LogP contribution in [0.1, 0.15) is 13.3 Å². The normalized spacial score (nSPS) is 11.1. The highest BCUT2D eigenvalue weighted by atomic mass is 32.2. The fourth-order valence-corrected chi connectivity index (χ4v) is 2.03. The predicted molar refractivity (Wildman–Crippen MR) is 78.8 cm³/mol. The van der Waals surface area contributed by atoms with Crippen molar-refractivity contribution in [2.24, 2.45) is 0 Å². The van der Waals surface area contributed by atoms with Crippen LogP contribution in [0, 0.1) is 10.1 Å². The Morgan fingerprint density at radius 1 is 1.24 bits per heavy atom. The largest absolute Gasteiger partial charge is 0.364 e. The van der Waals surface area contributed by atoms with Crippen LogP contribution in [0.15, 0.2) is 6.33 Å². The van der Waals surface area contributed by atoms with E-state index in [4.69, 9.17) is 0 Å². The van der Waals surface area contributed by atoms with Crippen LogP contribution in [0.4, 0.5) is 17.3 Å². The summed E-state index contributed by atoms with van der Waals surface area (Å²) in [5, 5.41) is 16.6. The van der Waals surface area contributed by atoms with Crippen molar-refractivity contribution in [2.45, 2.75) is 13.3 Å². The first kappa shape index (κ1) is 17.0. The Kier molecular flexibility index (Phi) is 6.24. The third-order valence-electron chi connectivity index (χ3n) is 2.52. The predicted octanol–water partition coefficient (Wildman–Crippen LogP) is 0.168. The molecule has 10 nitrogen and oxygen atoms in total. The second-order valence-electron chi connectivity index (χ2n) is 4.05. The second-order valence-corrected chi connectivity index (χ2v) is 6.10. The zero-order valence-electron chi connectivity index (χ0n) is 11.8. The molecule has 0 aliphatic rings. The minimum atomic E-state index is -3.39. The molecule has 21 heavy (non-hydrogen) atoms. The number of sulfonamides is 1. The SMILES string of the molecule is CCCNc1ncnc(NCCS(=O)(=O)NC)c1[N+](=O)[O-]. The van der Waals surface area contributed by atoms with Crippen LogP contribution in [-0.4, -0.2) is 49.2 Å². The fourth-order valence-electron chi connectivity index (χ4n) is 1.46. The van der Waals surface area contributed by atoms with Crippen molar-refractivity contribution in [3.63, 3.8) is 0 Å². The van der Waals surface area contributed by atoms with Crippen molar-refractivity contribution < 1.29 is 13.3 Å². The summed E-state index contributed by atoms with van der Waals surface area (Å²) in [6.07, 6.45) is 1.96. The number of rotatable bonds is 9. The molecule has 0 saturated heterocycles. The van der Waals surface area contributed by atoms with E-state index in [9.17, 15) is 18.5 Å². The van der Waals surface area contributed by atoms with Crippen LogP contribution in [0.2, 0.25) is 0 Å². The minimum Gasteiger partial charge on any atom is -0.364 e. The molecule has 1 aromatic rings. The second kappa shape index (κ2) is 7.69. The quantitative estimate of drug-likeness (QED) is 0.432. The molecule has 0 atom stereocenters. The van der Waals surface area contributed by atoms with E-state index in [0.717, 1.165) is 6.42 Å².